The van der Waals surface area contributed by atoms with E-state index in [9.17, 15) is 13.2 Å². The normalized spacial score (nSPS) is 17.6. The van der Waals surface area contributed by atoms with Crippen molar-refractivity contribution in [2.24, 2.45) is 0 Å². The van der Waals surface area contributed by atoms with Gasteiger partial charge < -0.3 is 5.32 Å². The lowest BCUT2D eigenvalue weighted by Gasteiger charge is -2.31. The Morgan fingerprint density at radius 2 is 2.05 bits per heavy atom. The first-order valence-corrected chi connectivity index (χ1v) is 8.52. The Hall–Kier alpha value is -1.10. The van der Waals surface area contributed by atoms with Crippen LogP contribution in [-0.4, -0.2) is 56.6 Å². The third-order valence-electron chi connectivity index (χ3n) is 3.19. The molecule has 1 amide bonds. The quantitative estimate of drug-likeness (QED) is 0.492. The number of hydrogen-bond donors (Lipinski definition) is 2. The molecule has 0 aromatic heterocycles. The Labute approximate surface area is 121 Å². The molecule has 1 saturated heterocycles. The largest absolute Gasteiger partial charge is 0.352 e. The first-order valence-electron chi connectivity index (χ1n) is 6.91. The van der Waals surface area contributed by atoms with E-state index < -0.39 is 10.0 Å². The molecule has 0 radical (unpaired) electrons. The molecule has 6 nitrogen and oxygen atoms in total. The third kappa shape index (κ3) is 5.49. The van der Waals surface area contributed by atoms with Gasteiger partial charge in [-0.15, -0.1) is 6.42 Å². The summed E-state index contributed by atoms with van der Waals surface area (Å²) in [5, 5.41) is 5.71. The third-order valence-corrected chi connectivity index (χ3v) is 5.26. The fraction of sp³-hybridized carbons (Fsp3) is 0.769. The molecule has 7 heteroatoms. The van der Waals surface area contributed by atoms with Crippen molar-refractivity contribution < 1.29 is 13.2 Å². The molecule has 0 aromatic rings. The maximum absolute atomic E-state index is 11.9. The van der Waals surface area contributed by atoms with Crippen molar-refractivity contribution >= 4 is 15.9 Å². The molecule has 0 saturated carbocycles. The second kappa shape index (κ2) is 8.25. The molecule has 0 atom stereocenters. The van der Waals surface area contributed by atoms with Crippen LogP contribution in [0.15, 0.2) is 0 Å². The van der Waals surface area contributed by atoms with Crippen LogP contribution < -0.4 is 10.6 Å². The monoisotopic (exact) mass is 301 g/mol. The van der Waals surface area contributed by atoms with E-state index in [4.69, 9.17) is 6.42 Å². The molecule has 1 aliphatic rings. The highest BCUT2D eigenvalue weighted by atomic mass is 32.2. The van der Waals surface area contributed by atoms with Crippen LogP contribution in [0.2, 0.25) is 0 Å². The zero-order valence-electron chi connectivity index (χ0n) is 11.9. The van der Waals surface area contributed by atoms with Crippen LogP contribution >= 0.6 is 0 Å². The molecule has 0 unspecified atom stereocenters. The molecule has 114 valence electrons. The highest BCUT2D eigenvalue weighted by Gasteiger charge is 2.27. The van der Waals surface area contributed by atoms with Crippen LogP contribution in [-0.2, 0) is 14.8 Å². The molecular weight excluding hydrogens is 278 g/mol. The smallest absolute Gasteiger partial charge is 0.234 e. The summed E-state index contributed by atoms with van der Waals surface area (Å²) in [5.41, 5.74) is 0. The Morgan fingerprint density at radius 3 is 2.60 bits per heavy atom. The number of nitrogens with one attached hydrogen (secondary N) is 2. The van der Waals surface area contributed by atoms with Crippen molar-refractivity contribution in [3.8, 4) is 12.3 Å². The van der Waals surface area contributed by atoms with Crippen LogP contribution in [0, 0.1) is 12.3 Å². The van der Waals surface area contributed by atoms with Crippen molar-refractivity contribution in [2.45, 2.75) is 32.2 Å². The lowest BCUT2D eigenvalue weighted by atomic mass is 10.1. The minimum Gasteiger partial charge on any atom is -0.352 e. The van der Waals surface area contributed by atoms with E-state index >= 15 is 0 Å². The fourth-order valence-corrected chi connectivity index (χ4v) is 3.73. The molecule has 1 rings (SSSR count). The van der Waals surface area contributed by atoms with Gasteiger partial charge in [0.25, 0.3) is 0 Å². The molecule has 0 spiro atoms. The first kappa shape index (κ1) is 17.0. The van der Waals surface area contributed by atoms with Gasteiger partial charge in [-0.3, -0.25) is 10.1 Å². The van der Waals surface area contributed by atoms with Crippen molar-refractivity contribution in [2.75, 3.05) is 31.9 Å². The average Bonchev–Trinajstić information content (AvgIpc) is 2.39. The highest BCUT2D eigenvalue weighted by Crippen LogP contribution is 2.14. The summed E-state index contributed by atoms with van der Waals surface area (Å²) >= 11 is 0. The Kier molecular flexibility index (Phi) is 6.99. The zero-order valence-corrected chi connectivity index (χ0v) is 12.7. The predicted octanol–water partition coefficient (Wildman–Crippen LogP) is -0.470. The zero-order chi connectivity index (χ0) is 15.0. The number of carbonyl (C=O) groups is 1. The number of rotatable bonds is 7. The van der Waals surface area contributed by atoms with Crippen LogP contribution in [0.4, 0.5) is 0 Å². The van der Waals surface area contributed by atoms with Gasteiger partial charge in [0.15, 0.2) is 0 Å². The Balaban J connectivity index is 2.32. The van der Waals surface area contributed by atoms with Crippen LogP contribution in [0.3, 0.4) is 0 Å². The lowest BCUT2D eigenvalue weighted by Crippen LogP contribution is -2.48. The Bertz CT molecular complexity index is 448. The molecule has 1 fully saturated rings. The molecule has 0 bridgehead atoms. The van der Waals surface area contributed by atoms with Gasteiger partial charge in [0, 0.05) is 19.1 Å². The lowest BCUT2D eigenvalue weighted by molar-refractivity contribution is -0.121. The minimum absolute atomic E-state index is 0.0446. The van der Waals surface area contributed by atoms with E-state index in [2.05, 4.69) is 16.6 Å². The summed E-state index contributed by atoms with van der Waals surface area (Å²) in [4.78, 5) is 11.6. The summed E-state index contributed by atoms with van der Waals surface area (Å²) in [6, 6.07) is 0.0446. The number of piperidine rings is 1. The number of amides is 1. The van der Waals surface area contributed by atoms with E-state index in [1.54, 1.807) is 0 Å². The van der Waals surface area contributed by atoms with Gasteiger partial charge in [-0.1, -0.05) is 12.8 Å². The van der Waals surface area contributed by atoms with Crippen LogP contribution in [0.1, 0.15) is 26.2 Å². The van der Waals surface area contributed by atoms with Gasteiger partial charge in [-0.25, -0.2) is 12.7 Å². The van der Waals surface area contributed by atoms with Gasteiger partial charge >= 0.3 is 0 Å². The standard InChI is InChI=1S/C13H23N3O3S/c1-3-7-14-11-13(17)15-12-5-8-16(9-6-12)20(18,19)10-4-2/h1,12,14H,4-11H2,2H3,(H,15,17). The van der Waals surface area contributed by atoms with Gasteiger partial charge in [-0.2, -0.15) is 0 Å². The van der Waals surface area contributed by atoms with E-state index in [1.807, 2.05) is 6.92 Å². The van der Waals surface area contributed by atoms with Crippen molar-refractivity contribution in [3.05, 3.63) is 0 Å². The molecule has 0 aromatic carbocycles. The molecule has 20 heavy (non-hydrogen) atoms. The maximum atomic E-state index is 11.9. The fourth-order valence-electron chi connectivity index (χ4n) is 2.19. The van der Waals surface area contributed by atoms with E-state index in [-0.39, 0.29) is 24.2 Å². The van der Waals surface area contributed by atoms with Gasteiger partial charge in [-0.05, 0) is 19.3 Å². The first-order chi connectivity index (χ1) is 9.49. The SMILES string of the molecule is C#CCNCC(=O)NC1CCN(S(=O)(=O)CCC)CC1. The summed E-state index contributed by atoms with van der Waals surface area (Å²) in [7, 11) is -3.12. The molecule has 1 heterocycles. The van der Waals surface area contributed by atoms with Crippen LogP contribution in [0.5, 0.6) is 0 Å². The summed E-state index contributed by atoms with van der Waals surface area (Å²) in [5.74, 6) is 2.49. The van der Waals surface area contributed by atoms with Crippen LogP contribution in [0.25, 0.3) is 0 Å². The van der Waals surface area contributed by atoms with Crippen molar-refractivity contribution in [3.63, 3.8) is 0 Å². The van der Waals surface area contributed by atoms with Crippen molar-refractivity contribution in [1.29, 1.82) is 0 Å². The number of hydrogen-bond acceptors (Lipinski definition) is 4. The number of terminal acetylenes is 1. The van der Waals surface area contributed by atoms with Gasteiger partial charge in [0.05, 0.1) is 18.8 Å². The average molecular weight is 301 g/mol. The minimum atomic E-state index is -3.12. The predicted molar refractivity (Wildman–Crippen MR) is 78.5 cm³/mol. The summed E-state index contributed by atoms with van der Waals surface area (Å²) in [6.07, 6.45) is 7.01. The molecule has 1 aliphatic heterocycles. The summed E-state index contributed by atoms with van der Waals surface area (Å²) in [6.45, 7) is 3.36. The maximum Gasteiger partial charge on any atom is 0.234 e. The molecule has 2 N–H and O–H groups in total. The van der Waals surface area contributed by atoms with E-state index in [0.717, 1.165) is 0 Å². The molecule has 0 aliphatic carbocycles. The molecular formula is C13H23N3O3S. The Morgan fingerprint density at radius 1 is 1.40 bits per heavy atom. The summed E-state index contributed by atoms with van der Waals surface area (Å²) < 4.78 is 25.3. The van der Waals surface area contributed by atoms with E-state index in [0.29, 0.717) is 38.9 Å². The number of sulfonamides is 1. The number of carbonyl (C=O) groups excluding carboxylic acids is 1. The van der Waals surface area contributed by atoms with Crippen molar-refractivity contribution in [1.82, 2.24) is 14.9 Å². The van der Waals surface area contributed by atoms with Gasteiger partial charge in [0.2, 0.25) is 15.9 Å². The second-order valence-electron chi connectivity index (χ2n) is 4.86. The second-order valence-corrected chi connectivity index (χ2v) is 6.95. The highest BCUT2D eigenvalue weighted by molar-refractivity contribution is 7.89. The van der Waals surface area contributed by atoms with Gasteiger partial charge in [0.1, 0.15) is 0 Å². The van der Waals surface area contributed by atoms with E-state index in [1.165, 1.54) is 4.31 Å². The number of nitrogens with zero attached hydrogens (tertiary/aromatic N) is 1. The topological polar surface area (TPSA) is 78.5 Å².